The van der Waals surface area contributed by atoms with Gasteiger partial charge in [-0.15, -0.1) is 11.8 Å². The van der Waals surface area contributed by atoms with E-state index in [-0.39, 0.29) is 11.7 Å². The molecule has 2 aromatic rings. The highest BCUT2D eigenvalue weighted by Gasteiger charge is 2.08. The second-order valence-electron chi connectivity index (χ2n) is 4.62. The Morgan fingerprint density at radius 3 is 2.41 bits per heavy atom. The molecule has 0 heterocycles. The van der Waals surface area contributed by atoms with Gasteiger partial charge in [0.05, 0.1) is 10.8 Å². The number of carbonyl (C=O) groups excluding carboxylic acids is 2. The van der Waals surface area contributed by atoms with E-state index in [1.165, 1.54) is 11.8 Å². The monoisotopic (exact) mass is 333 g/mol. The van der Waals surface area contributed by atoms with Crippen molar-refractivity contribution in [2.45, 2.75) is 18.2 Å². The maximum absolute atomic E-state index is 12.2. The summed E-state index contributed by atoms with van der Waals surface area (Å²) >= 11 is 7.48. The predicted molar refractivity (Wildman–Crippen MR) is 91.9 cm³/mol. The molecular formula is C17H16ClNO2S. The number of anilines is 1. The largest absolute Gasteiger partial charge is 0.326 e. The number of hydrogen-bond acceptors (Lipinski definition) is 3. The third-order valence-electron chi connectivity index (χ3n) is 3.01. The number of halogens is 1. The number of thioether (sulfide) groups is 1. The lowest BCUT2D eigenvalue weighted by molar-refractivity contribution is -0.115. The van der Waals surface area contributed by atoms with Crippen molar-refractivity contribution in [3.8, 4) is 0 Å². The van der Waals surface area contributed by atoms with Crippen molar-refractivity contribution >= 4 is 40.7 Å². The lowest BCUT2D eigenvalue weighted by atomic mass is 10.1. The fourth-order valence-electron chi connectivity index (χ4n) is 1.78. The zero-order valence-electron chi connectivity index (χ0n) is 12.1. The van der Waals surface area contributed by atoms with E-state index in [1.807, 2.05) is 18.2 Å². The Hall–Kier alpha value is -1.78. The van der Waals surface area contributed by atoms with E-state index in [4.69, 9.17) is 11.6 Å². The quantitative estimate of drug-likeness (QED) is 0.617. The third kappa shape index (κ3) is 4.61. The second-order valence-corrected chi connectivity index (χ2v) is 6.05. The van der Waals surface area contributed by atoms with Gasteiger partial charge in [-0.2, -0.15) is 0 Å². The maximum atomic E-state index is 12.2. The van der Waals surface area contributed by atoms with Crippen LogP contribution in [0.2, 0.25) is 5.02 Å². The van der Waals surface area contributed by atoms with Gasteiger partial charge in [-0.05, 0) is 36.4 Å². The van der Waals surface area contributed by atoms with Crippen LogP contribution in [0.25, 0.3) is 0 Å². The number of hydrogen-bond donors (Lipinski definition) is 1. The molecule has 2 aromatic carbocycles. The van der Waals surface area contributed by atoms with Crippen LogP contribution in [-0.2, 0) is 4.79 Å². The van der Waals surface area contributed by atoms with Gasteiger partial charge in [0.1, 0.15) is 0 Å². The third-order valence-corrected chi connectivity index (χ3v) is 4.52. The highest BCUT2D eigenvalue weighted by molar-refractivity contribution is 8.00. The van der Waals surface area contributed by atoms with Crippen LogP contribution in [0.5, 0.6) is 0 Å². The Labute approximate surface area is 139 Å². The molecule has 0 aliphatic rings. The molecular weight excluding hydrogens is 318 g/mol. The number of Topliss-reactive ketones (excluding diaryl/α,β-unsaturated/α-hetero) is 1. The molecule has 0 fully saturated rings. The van der Waals surface area contributed by atoms with Gasteiger partial charge in [-0.1, -0.05) is 30.7 Å². The number of nitrogens with one attached hydrogen (secondary N) is 1. The molecule has 0 unspecified atom stereocenters. The Balaban J connectivity index is 1.95. The molecule has 5 heteroatoms. The highest BCUT2D eigenvalue weighted by Crippen LogP contribution is 2.27. The number of ketones is 1. The molecule has 114 valence electrons. The summed E-state index contributed by atoms with van der Waals surface area (Å²) in [7, 11) is 0. The number of benzene rings is 2. The molecule has 0 aromatic heterocycles. The summed E-state index contributed by atoms with van der Waals surface area (Å²) in [5.74, 6) is 0.302. The molecule has 0 aliphatic carbocycles. The molecule has 0 aliphatic heterocycles. The first-order valence-corrected chi connectivity index (χ1v) is 8.27. The second kappa shape index (κ2) is 8.01. The molecule has 0 spiro atoms. The summed E-state index contributed by atoms with van der Waals surface area (Å²) in [5.41, 5.74) is 1.32. The molecule has 0 atom stereocenters. The molecule has 3 nitrogen and oxygen atoms in total. The zero-order valence-corrected chi connectivity index (χ0v) is 13.7. The number of carbonyl (C=O) groups is 2. The molecule has 0 saturated carbocycles. The smallest absolute Gasteiger partial charge is 0.224 e. The van der Waals surface area contributed by atoms with E-state index in [0.29, 0.717) is 28.4 Å². The van der Waals surface area contributed by atoms with Gasteiger partial charge in [0.25, 0.3) is 0 Å². The first kappa shape index (κ1) is 16.6. The normalized spacial score (nSPS) is 10.3. The summed E-state index contributed by atoms with van der Waals surface area (Å²) < 4.78 is 0. The van der Waals surface area contributed by atoms with Crippen LogP contribution < -0.4 is 5.32 Å². The molecule has 0 saturated heterocycles. The fraction of sp³-hybridized carbons (Fsp3) is 0.176. The number of rotatable bonds is 6. The minimum Gasteiger partial charge on any atom is -0.326 e. The van der Waals surface area contributed by atoms with Crippen LogP contribution in [0.15, 0.2) is 53.4 Å². The Kier molecular flexibility index (Phi) is 6.04. The lowest BCUT2D eigenvalue weighted by Crippen LogP contribution is -2.09. The van der Waals surface area contributed by atoms with Crippen molar-refractivity contribution in [3.63, 3.8) is 0 Å². The van der Waals surface area contributed by atoms with Crippen LogP contribution in [0.4, 0.5) is 5.69 Å². The van der Waals surface area contributed by atoms with Crippen molar-refractivity contribution in [2.75, 3.05) is 11.1 Å². The summed E-state index contributed by atoms with van der Waals surface area (Å²) in [6.07, 6.45) is 0.426. The van der Waals surface area contributed by atoms with Crippen LogP contribution in [-0.4, -0.2) is 17.4 Å². The fourth-order valence-corrected chi connectivity index (χ4v) is 2.91. The highest BCUT2D eigenvalue weighted by atomic mass is 35.5. The average molecular weight is 334 g/mol. The van der Waals surface area contributed by atoms with E-state index in [2.05, 4.69) is 5.32 Å². The van der Waals surface area contributed by atoms with E-state index in [9.17, 15) is 9.59 Å². The van der Waals surface area contributed by atoms with Crippen molar-refractivity contribution in [1.82, 2.24) is 0 Å². The van der Waals surface area contributed by atoms with Crippen LogP contribution in [0.3, 0.4) is 0 Å². The van der Waals surface area contributed by atoms with Gasteiger partial charge in [0, 0.05) is 22.6 Å². The van der Waals surface area contributed by atoms with Gasteiger partial charge in [-0.3, -0.25) is 9.59 Å². The maximum Gasteiger partial charge on any atom is 0.224 e. The van der Waals surface area contributed by atoms with E-state index < -0.39 is 0 Å². The number of amides is 1. The van der Waals surface area contributed by atoms with E-state index in [1.54, 1.807) is 37.3 Å². The van der Waals surface area contributed by atoms with Crippen molar-refractivity contribution in [3.05, 3.63) is 59.1 Å². The van der Waals surface area contributed by atoms with Crippen LogP contribution in [0, 0.1) is 0 Å². The molecule has 0 radical (unpaired) electrons. The zero-order chi connectivity index (χ0) is 15.9. The summed E-state index contributed by atoms with van der Waals surface area (Å²) in [6.45, 7) is 1.79. The summed E-state index contributed by atoms with van der Waals surface area (Å²) in [5, 5.41) is 3.40. The van der Waals surface area contributed by atoms with Gasteiger partial charge in [-0.25, -0.2) is 0 Å². The Morgan fingerprint density at radius 2 is 1.77 bits per heavy atom. The SMILES string of the molecule is CCC(=O)Nc1ccc(C(=O)CSc2ccccc2Cl)cc1. The molecule has 2 rings (SSSR count). The molecule has 1 N–H and O–H groups in total. The van der Waals surface area contributed by atoms with E-state index in [0.717, 1.165) is 4.90 Å². The van der Waals surface area contributed by atoms with Crippen molar-refractivity contribution < 1.29 is 9.59 Å². The van der Waals surface area contributed by atoms with Crippen molar-refractivity contribution in [2.24, 2.45) is 0 Å². The lowest BCUT2D eigenvalue weighted by Gasteiger charge is -2.06. The van der Waals surface area contributed by atoms with Crippen LogP contribution >= 0.6 is 23.4 Å². The first-order valence-electron chi connectivity index (χ1n) is 6.90. The van der Waals surface area contributed by atoms with Gasteiger partial charge in [0.2, 0.25) is 5.91 Å². The topological polar surface area (TPSA) is 46.2 Å². The van der Waals surface area contributed by atoms with Gasteiger partial charge >= 0.3 is 0 Å². The van der Waals surface area contributed by atoms with E-state index >= 15 is 0 Å². The van der Waals surface area contributed by atoms with Crippen molar-refractivity contribution in [1.29, 1.82) is 0 Å². The average Bonchev–Trinajstić information content (AvgIpc) is 2.54. The first-order chi connectivity index (χ1) is 10.6. The summed E-state index contributed by atoms with van der Waals surface area (Å²) in [6, 6.07) is 14.4. The Bertz CT molecular complexity index is 671. The molecule has 22 heavy (non-hydrogen) atoms. The van der Waals surface area contributed by atoms with Gasteiger partial charge in [0.15, 0.2) is 5.78 Å². The molecule has 1 amide bonds. The van der Waals surface area contributed by atoms with Gasteiger partial charge < -0.3 is 5.32 Å². The molecule has 0 bridgehead atoms. The summed E-state index contributed by atoms with van der Waals surface area (Å²) in [4.78, 5) is 24.4. The predicted octanol–water partition coefficient (Wildman–Crippen LogP) is 4.66. The minimum atomic E-state index is -0.0478. The van der Waals surface area contributed by atoms with Crippen LogP contribution in [0.1, 0.15) is 23.7 Å². The Morgan fingerprint density at radius 1 is 1.09 bits per heavy atom. The minimum absolute atomic E-state index is 0.0262. The standard InChI is InChI=1S/C17H16ClNO2S/c1-2-17(21)19-13-9-7-12(8-10-13)15(20)11-22-16-6-4-3-5-14(16)18/h3-10H,2,11H2,1H3,(H,19,21).